The maximum absolute atomic E-state index is 13.6. The molecule has 10 heteroatoms. The van der Waals surface area contributed by atoms with Gasteiger partial charge in [0.05, 0.1) is 28.2 Å². The zero-order valence-corrected chi connectivity index (χ0v) is 20.4. The van der Waals surface area contributed by atoms with Crippen LogP contribution in [0.25, 0.3) is 10.9 Å². The predicted molar refractivity (Wildman–Crippen MR) is 135 cm³/mol. The van der Waals surface area contributed by atoms with Gasteiger partial charge in [0.25, 0.3) is 0 Å². The molecule has 1 amide bonds. The summed E-state index contributed by atoms with van der Waals surface area (Å²) >= 11 is 5.90. The molecule has 3 rings (SSSR count). The summed E-state index contributed by atoms with van der Waals surface area (Å²) in [7, 11) is 3.80. The highest BCUT2D eigenvalue weighted by molar-refractivity contribution is 6.31. The Hall–Kier alpha value is -3.74. The van der Waals surface area contributed by atoms with Crippen molar-refractivity contribution in [2.75, 3.05) is 37.9 Å². The topological polar surface area (TPSA) is 103 Å². The van der Waals surface area contributed by atoms with E-state index < -0.39 is 5.82 Å². The number of nitriles is 1. The molecule has 2 N–H and O–H groups in total. The quantitative estimate of drug-likeness (QED) is 0.374. The van der Waals surface area contributed by atoms with E-state index in [0.29, 0.717) is 46.8 Å². The molecular weight excluding hydrogens is 471 g/mol. The first-order valence-corrected chi connectivity index (χ1v) is 11.3. The van der Waals surface area contributed by atoms with Crippen molar-refractivity contribution in [1.82, 2.24) is 14.9 Å². The van der Waals surface area contributed by atoms with Gasteiger partial charge in [-0.15, -0.1) is 0 Å². The minimum atomic E-state index is -0.526. The summed E-state index contributed by atoms with van der Waals surface area (Å²) in [6.07, 6.45) is 5.20. The summed E-state index contributed by atoms with van der Waals surface area (Å²) in [5.41, 5.74) is 1.49. The monoisotopic (exact) mass is 496 g/mol. The van der Waals surface area contributed by atoms with E-state index >= 15 is 0 Å². The SMILES string of the molecule is CCC(C#N)COc1cc2ncnc(Nc3ccc(F)c(Cl)c3)c2cc1NC(=O)/C=C/CN(C)C. The van der Waals surface area contributed by atoms with Gasteiger partial charge in [0, 0.05) is 29.8 Å². The molecule has 0 aliphatic rings. The van der Waals surface area contributed by atoms with Gasteiger partial charge in [-0.25, -0.2) is 14.4 Å². The third-order valence-electron chi connectivity index (χ3n) is 5.03. The van der Waals surface area contributed by atoms with Crippen LogP contribution < -0.4 is 15.4 Å². The number of nitrogens with one attached hydrogen (secondary N) is 2. The van der Waals surface area contributed by atoms with E-state index in [1.54, 1.807) is 18.2 Å². The van der Waals surface area contributed by atoms with Crippen LogP contribution in [0.1, 0.15) is 13.3 Å². The molecule has 0 radical (unpaired) electrons. The molecule has 0 aliphatic carbocycles. The van der Waals surface area contributed by atoms with Crippen LogP contribution in [0.15, 0.2) is 48.8 Å². The average molecular weight is 497 g/mol. The fraction of sp³-hybridized carbons (Fsp3) is 0.280. The molecule has 0 fully saturated rings. The van der Waals surface area contributed by atoms with Crippen molar-refractivity contribution in [1.29, 1.82) is 5.26 Å². The maximum atomic E-state index is 13.6. The Kier molecular flexibility index (Phi) is 8.95. The van der Waals surface area contributed by atoms with Crippen molar-refractivity contribution in [3.05, 3.63) is 59.7 Å². The molecule has 35 heavy (non-hydrogen) atoms. The molecule has 1 atom stereocenters. The second-order valence-corrected chi connectivity index (χ2v) is 8.45. The molecule has 0 spiro atoms. The van der Waals surface area contributed by atoms with E-state index in [0.717, 1.165) is 0 Å². The van der Waals surface area contributed by atoms with Crippen LogP contribution >= 0.6 is 11.6 Å². The Morgan fingerprint density at radius 1 is 1.31 bits per heavy atom. The number of carbonyl (C=O) groups excluding carboxylic acids is 1. The number of halogens is 2. The van der Waals surface area contributed by atoms with Crippen molar-refractivity contribution in [3.8, 4) is 11.8 Å². The first-order valence-electron chi connectivity index (χ1n) is 11.0. The second-order valence-electron chi connectivity index (χ2n) is 8.04. The van der Waals surface area contributed by atoms with Gasteiger partial charge < -0.3 is 20.3 Å². The van der Waals surface area contributed by atoms with Crippen molar-refractivity contribution in [3.63, 3.8) is 0 Å². The van der Waals surface area contributed by atoms with Crippen LogP contribution in [-0.4, -0.2) is 48.0 Å². The van der Waals surface area contributed by atoms with Crippen LogP contribution in [0.2, 0.25) is 5.02 Å². The summed E-state index contributed by atoms with van der Waals surface area (Å²) in [5, 5.41) is 15.8. The van der Waals surface area contributed by atoms with Gasteiger partial charge in [0.1, 0.15) is 30.3 Å². The summed E-state index contributed by atoms with van der Waals surface area (Å²) in [5.74, 6) is -0.330. The third kappa shape index (κ3) is 7.12. The molecule has 2 aromatic carbocycles. The first-order chi connectivity index (χ1) is 16.8. The lowest BCUT2D eigenvalue weighted by molar-refractivity contribution is -0.111. The Labute approximate surface area is 208 Å². The summed E-state index contributed by atoms with van der Waals surface area (Å²) < 4.78 is 19.5. The zero-order chi connectivity index (χ0) is 25.4. The fourth-order valence-electron chi connectivity index (χ4n) is 3.09. The number of ether oxygens (including phenoxy) is 1. The van der Waals surface area contributed by atoms with E-state index in [2.05, 4.69) is 26.7 Å². The highest BCUT2D eigenvalue weighted by Gasteiger charge is 2.15. The number of carbonyl (C=O) groups is 1. The zero-order valence-electron chi connectivity index (χ0n) is 19.7. The predicted octanol–water partition coefficient (Wildman–Crippen LogP) is 5.15. The number of fused-ring (bicyclic) bond motifs is 1. The number of anilines is 3. The summed E-state index contributed by atoms with van der Waals surface area (Å²) in [6.45, 7) is 2.68. The fourth-order valence-corrected chi connectivity index (χ4v) is 3.27. The normalized spacial score (nSPS) is 12.0. The standard InChI is InChI=1S/C25H26ClFN6O2/c1-4-16(13-28)14-35-23-12-21-18(11-22(23)32-24(34)6-5-9-33(2)3)25(30-15-29-21)31-17-7-8-20(27)19(26)10-17/h5-8,10-12,15-16H,4,9,14H2,1-3H3,(H,32,34)(H,29,30,31)/b6-5+. The number of nitrogens with zero attached hydrogens (tertiary/aromatic N) is 4. The van der Waals surface area contributed by atoms with Crippen LogP contribution in [0.4, 0.5) is 21.6 Å². The molecular formula is C25H26ClFN6O2. The highest BCUT2D eigenvalue weighted by Crippen LogP contribution is 2.34. The number of aromatic nitrogens is 2. The highest BCUT2D eigenvalue weighted by atomic mass is 35.5. The minimum Gasteiger partial charge on any atom is -0.490 e. The van der Waals surface area contributed by atoms with Gasteiger partial charge in [-0.05, 0) is 44.8 Å². The second kappa shape index (κ2) is 12.1. The van der Waals surface area contributed by atoms with Crippen molar-refractivity contribution in [2.24, 2.45) is 5.92 Å². The van der Waals surface area contributed by atoms with E-state index in [-0.39, 0.29) is 23.5 Å². The number of amides is 1. The number of likely N-dealkylation sites (N-methyl/N-ethyl adjacent to an activating group) is 1. The van der Waals surface area contributed by atoms with Crippen molar-refractivity contribution >= 4 is 45.6 Å². The molecule has 0 saturated carbocycles. The summed E-state index contributed by atoms with van der Waals surface area (Å²) in [4.78, 5) is 23.1. The number of hydrogen-bond acceptors (Lipinski definition) is 7. The van der Waals surface area contributed by atoms with Gasteiger partial charge >= 0.3 is 0 Å². The van der Waals surface area contributed by atoms with Gasteiger partial charge in [0.15, 0.2) is 0 Å². The van der Waals surface area contributed by atoms with Crippen LogP contribution in [0.5, 0.6) is 5.75 Å². The number of benzene rings is 2. The third-order valence-corrected chi connectivity index (χ3v) is 5.32. The lowest BCUT2D eigenvalue weighted by Gasteiger charge is -2.16. The number of rotatable bonds is 10. The molecule has 3 aromatic rings. The molecule has 1 unspecified atom stereocenters. The molecule has 0 saturated heterocycles. The maximum Gasteiger partial charge on any atom is 0.248 e. The Morgan fingerprint density at radius 3 is 2.80 bits per heavy atom. The largest absolute Gasteiger partial charge is 0.490 e. The first kappa shape index (κ1) is 25.9. The van der Waals surface area contributed by atoms with Gasteiger partial charge in [-0.3, -0.25) is 4.79 Å². The van der Waals surface area contributed by atoms with Crippen molar-refractivity contribution in [2.45, 2.75) is 13.3 Å². The molecule has 8 nitrogen and oxygen atoms in total. The Balaban J connectivity index is 1.98. The van der Waals surface area contributed by atoms with Crippen LogP contribution in [0.3, 0.4) is 0 Å². The van der Waals surface area contributed by atoms with E-state index in [9.17, 15) is 14.4 Å². The lowest BCUT2D eigenvalue weighted by Crippen LogP contribution is -2.14. The smallest absolute Gasteiger partial charge is 0.248 e. The number of hydrogen-bond donors (Lipinski definition) is 2. The van der Waals surface area contributed by atoms with E-state index in [4.69, 9.17) is 16.3 Å². The van der Waals surface area contributed by atoms with Crippen molar-refractivity contribution < 1.29 is 13.9 Å². The molecule has 1 aromatic heterocycles. The Morgan fingerprint density at radius 2 is 2.11 bits per heavy atom. The van der Waals surface area contributed by atoms with Gasteiger partial charge in [-0.1, -0.05) is 24.6 Å². The minimum absolute atomic E-state index is 0.0236. The molecule has 0 aliphatic heterocycles. The van der Waals surface area contributed by atoms with E-state index in [1.807, 2.05) is 25.9 Å². The van der Waals surface area contributed by atoms with Gasteiger partial charge in [0.2, 0.25) is 5.91 Å². The summed E-state index contributed by atoms with van der Waals surface area (Å²) in [6, 6.07) is 9.83. The Bertz CT molecular complexity index is 1270. The lowest BCUT2D eigenvalue weighted by atomic mass is 10.1. The molecule has 1 heterocycles. The molecule has 182 valence electrons. The van der Waals surface area contributed by atoms with E-state index in [1.165, 1.54) is 30.6 Å². The van der Waals surface area contributed by atoms with Crippen LogP contribution in [0, 0.1) is 23.1 Å². The average Bonchev–Trinajstić information content (AvgIpc) is 2.82. The van der Waals surface area contributed by atoms with Crippen LogP contribution in [-0.2, 0) is 4.79 Å². The van der Waals surface area contributed by atoms with Gasteiger partial charge in [-0.2, -0.15) is 5.26 Å². The molecule has 0 bridgehead atoms.